The van der Waals surface area contributed by atoms with Crippen LogP contribution in [0.1, 0.15) is 22.3 Å². The number of hydrogen-bond donors (Lipinski definition) is 1. The number of nitrogens with zero attached hydrogens (tertiary/aromatic N) is 3. The number of halogens is 1. The van der Waals surface area contributed by atoms with Crippen LogP contribution >= 0.6 is 11.6 Å². The minimum absolute atomic E-state index is 0.541. The molecule has 0 unspecified atom stereocenters. The Labute approximate surface area is 246 Å². The Bertz CT molecular complexity index is 1440. The lowest BCUT2D eigenvalue weighted by molar-refractivity contribution is 0.306. The summed E-state index contributed by atoms with van der Waals surface area (Å²) in [6.45, 7) is 1.98. The molecule has 208 valence electrons. The largest absolute Gasteiger partial charge is 0.489 e. The zero-order valence-electron chi connectivity index (χ0n) is 22.7. The standard InChI is InChI=1S/C17H16N2O.C14H13ClO.C3H4N2/c1-2-5-16(6-3-1)14-20-17-9-7-15(8-10-17)13-19-12-4-11-18-19;15-10-12-6-8-14(9-7-12)16-11-13-4-2-1-3-5-13;1-2-4-5-3-1/h1-12H,13-14H2;1-9H,10-11H2;1-3H,(H,4,5). The van der Waals surface area contributed by atoms with Gasteiger partial charge in [-0.05, 0) is 58.7 Å². The first-order chi connectivity index (χ1) is 20.3. The molecular formula is C34H33ClN4O2. The molecule has 0 saturated heterocycles. The molecule has 4 aromatic carbocycles. The summed E-state index contributed by atoms with van der Waals surface area (Å²) in [7, 11) is 0. The van der Waals surface area contributed by atoms with Crippen molar-refractivity contribution in [2.45, 2.75) is 25.6 Å². The highest BCUT2D eigenvalue weighted by atomic mass is 35.5. The zero-order chi connectivity index (χ0) is 28.4. The molecule has 6 aromatic rings. The molecule has 41 heavy (non-hydrogen) atoms. The van der Waals surface area contributed by atoms with Crippen LogP contribution in [0.25, 0.3) is 0 Å². The minimum Gasteiger partial charge on any atom is -0.489 e. The first-order valence-electron chi connectivity index (χ1n) is 13.3. The van der Waals surface area contributed by atoms with Gasteiger partial charge in [0.15, 0.2) is 0 Å². The van der Waals surface area contributed by atoms with Gasteiger partial charge in [-0.15, -0.1) is 11.6 Å². The Morgan fingerprint density at radius 3 is 1.56 bits per heavy atom. The van der Waals surface area contributed by atoms with E-state index in [0.29, 0.717) is 19.1 Å². The van der Waals surface area contributed by atoms with E-state index in [0.717, 1.165) is 23.6 Å². The summed E-state index contributed by atoms with van der Waals surface area (Å²) >= 11 is 5.71. The molecule has 1 N–H and O–H groups in total. The van der Waals surface area contributed by atoms with E-state index in [-0.39, 0.29) is 0 Å². The van der Waals surface area contributed by atoms with Crippen LogP contribution in [0.15, 0.2) is 146 Å². The van der Waals surface area contributed by atoms with E-state index in [1.165, 1.54) is 16.7 Å². The van der Waals surface area contributed by atoms with E-state index in [1.54, 1.807) is 18.6 Å². The van der Waals surface area contributed by atoms with E-state index in [9.17, 15) is 0 Å². The number of ether oxygens (including phenoxy) is 2. The molecule has 0 radical (unpaired) electrons. The average molecular weight is 565 g/mol. The summed E-state index contributed by atoms with van der Waals surface area (Å²) in [6.07, 6.45) is 7.21. The number of alkyl halides is 1. The second kappa shape index (κ2) is 17.0. The Morgan fingerprint density at radius 2 is 1.15 bits per heavy atom. The van der Waals surface area contributed by atoms with Crippen LogP contribution in [0.5, 0.6) is 11.5 Å². The second-order valence-electron chi connectivity index (χ2n) is 8.94. The number of aromatic nitrogens is 4. The molecule has 0 atom stereocenters. The molecule has 6 nitrogen and oxygen atoms in total. The van der Waals surface area contributed by atoms with Crippen molar-refractivity contribution in [3.05, 3.63) is 168 Å². The van der Waals surface area contributed by atoms with Gasteiger partial charge in [0.1, 0.15) is 24.7 Å². The van der Waals surface area contributed by atoms with Gasteiger partial charge in [-0.2, -0.15) is 10.2 Å². The van der Waals surface area contributed by atoms with Crippen molar-refractivity contribution in [1.29, 1.82) is 0 Å². The van der Waals surface area contributed by atoms with E-state index in [2.05, 4.69) is 39.6 Å². The topological polar surface area (TPSA) is 65.0 Å². The summed E-state index contributed by atoms with van der Waals surface area (Å²) in [6, 6.07) is 40.0. The predicted octanol–water partition coefficient (Wildman–Crippen LogP) is 7.92. The average Bonchev–Trinajstić information content (AvgIpc) is 3.80. The fraction of sp³-hybridized carbons (Fsp3) is 0.118. The van der Waals surface area contributed by atoms with Gasteiger partial charge in [-0.1, -0.05) is 84.9 Å². The summed E-state index contributed by atoms with van der Waals surface area (Å²) in [5.41, 5.74) is 4.66. The van der Waals surface area contributed by atoms with E-state index < -0.39 is 0 Å². The molecule has 0 spiro atoms. The predicted molar refractivity (Wildman–Crippen MR) is 164 cm³/mol. The molecule has 0 aliphatic rings. The Hall–Kier alpha value is -4.81. The van der Waals surface area contributed by atoms with E-state index in [1.807, 2.05) is 108 Å². The lowest BCUT2D eigenvalue weighted by Crippen LogP contribution is -2.00. The van der Waals surface area contributed by atoms with E-state index >= 15 is 0 Å². The van der Waals surface area contributed by atoms with Crippen molar-refractivity contribution in [1.82, 2.24) is 20.0 Å². The molecule has 0 aliphatic heterocycles. The maximum atomic E-state index is 5.76. The van der Waals surface area contributed by atoms with Crippen LogP contribution in [0, 0.1) is 0 Å². The molecule has 7 heteroatoms. The van der Waals surface area contributed by atoms with Gasteiger partial charge >= 0.3 is 0 Å². The van der Waals surface area contributed by atoms with Crippen molar-refractivity contribution < 1.29 is 9.47 Å². The fourth-order valence-corrected chi connectivity index (χ4v) is 3.82. The van der Waals surface area contributed by atoms with Gasteiger partial charge in [0.25, 0.3) is 0 Å². The SMILES string of the molecule is ClCc1ccc(OCc2ccccc2)cc1.c1ccc(COc2ccc(Cn3cccn3)cc2)cc1.c1cn[nH]c1. The van der Waals surface area contributed by atoms with Crippen molar-refractivity contribution >= 4 is 11.6 Å². The summed E-state index contributed by atoms with van der Waals surface area (Å²) in [5, 5.41) is 10.4. The minimum atomic E-state index is 0.541. The number of H-pyrrole nitrogens is 1. The van der Waals surface area contributed by atoms with Crippen LogP contribution < -0.4 is 9.47 Å². The van der Waals surface area contributed by atoms with Crippen LogP contribution in [-0.2, 0) is 25.6 Å². The van der Waals surface area contributed by atoms with Crippen LogP contribution in [0.2, 0.25) is 0 Å². The first-order valence-corrected chi connectivity index (χ1v) is 13.8. The third-order valence-corrected chi connectivity index (χ3v) is 6.12. The number of nitrogens with one attached hydrogen (secondary N) is 1. The first kappa shape index (κ1) is 29.2. The maximum absolute atomic E-state index is 5.76. The van der Waals surface area contributed by atoms with Gasteiger partial charge < -0.3 is 9.47 Å². The third kappa shape index (κ3) is 11.1. The third-order valence-electron chi connectivity index (χ3n) is 5.81. The summed E-state index contributed by atoms with van der Waals surface area (Å²) in [4.78, 5) is 0. The lowest BCUT2D eigenvalue weighted by Gasteiger charge is -2.07. The monoisotopic (exact) mass is 564 g/mol. The van der Waals surface area contributed by atoms with Gasteiger partial charge in [0.2, 0.25) is 0 Å². The molecule has 0 bridgehead atoms. The quantitative estimate of drug-likeness (QED) is 0.181. The van der Waals surface area contributed by atoms with Crippen LogP contribution in [0.3, 0.4) is 0 Å². The normalized spacial score (nSPS) is 9.98. The maximum Gasteiger partial charge on any atom is 0.119 e. The highest BCUT2D eigenvalue weighted by Gasteiger charge is 1.99. The molecule has 0 amide bonds. The highest BCUT2D eigenvalue weighted by molar-refractivity contribution is 6.17. The number of benzene rings is 4. The van der Waals surface area contributed by atoms with E-state index in [4.69, 9.17) is 21.1 Å². The molecule has 2 aromatic heterocycles. The molecule has 6 rings (SSSR count). The molecule has 0 aliphatic carbocycles. The summed E-state index contributed by atoms with van der Waals surface area (Å²) < 4.78 is 13.3. The Morgan fingerprint density at radius 1 is 0.585 bits per heavy atom. The lowest BCUT2D eigenvalue weighted by atomic mass is 10.2. The molecule has 0 saturated carbocycles. The van der Waals surface area contributed by atoms with Crippen molar-refractivity contribution in [2.75, 3.05) is 0 Å². The van der Waals surface area contributed by atoms with Crippen LogP contribution in [-0.4, -0.2) is 20.0 Å². The molecule has 2 heterocycles. The molecule has 0 fully saturated rings. The molecular weight excluding hydrogens is 532 g/mol. The van der Waals surface area contributed by atoms with Gasteiger partial charge in [-0.25, -0.2) is 0 Å². The van der Waals surface area contributed by atoms with Crippen molar-refractivity contribution in [3.8, 4) is 11.5 Å². The van der Waals surface area contributed by atoms with Gasteiger partial charge in [-0.3, -0.25) is 9.78 Å². The van der Waals surface area contributed by atoms with Crippen LogP contribution in [0.4, 0.5) is 0 Å². The Balaban J connectivity index is 0.000000164. The van der Waals surface area contributed by atoms with Crippen molar-refractivity contribution in [3.63, 3.8) is 0 Å². The van der Waals surface area contributed by atoms with Crippen molar-refractivity contribution in [2.24, 2.45) is 0 Å². The van der Waals surface area contributed by atoms with Gasteiger partial charge in [0, 0.05) is 30.7 Å². The second-order valence-corrected chi connectivity index (χ2v) is 9.21. The summed E-state index contributed by atoms with van der Waals surface area (Å²) in [5.74, 6) is 2.30. The zero-order valence-corrected chi connectivity index (χ0v) is 23.5. The highest BCUT2D eigenvalue weighted by Crippen LogP contribution is 2.16. The fourth-order valence-electron chi connectivity index (χ4n) is 3.64. The van der Waals surface area contributed by atoms with Gasteiger partial charge in [0.05, 0.1) is 6.54 Å². The number of rotatable bonds is 9. The number of hydrogen-bond acceptors (Lipinski definition) is 4. The number of aromatic amines is 1. The Kier molecular flexibility index (Phi) is 12.1. The smallest absolute Gasteiger partial charge is 0.119 e.